The van der Waals surface area contributed by atoms with Crippen LogP contribution in [0, 0.1) is 0 Å². The van der Waals surface area contributed by atoms with Gasteiger partial charge in [-0.05, 0) is 44.0 Å². The molecule has 1 fully saturated rings. The largest absolute Gasteiger partial charge is 0.495 e. The molecular formula is C25H31Cl2N3O5S. The normalized spacial score (nSPS) is 14.8. The summed E-state index contributed by atoms with van der Waals surface area (Å²) in [6, 6.07) is 10.6. The second-order valence-corrected chi connectivity index (χ2v) is 11.6. The number of hydrogen-bond acceptors (Lipinski definition) is 5. The van der Waals surface area contributed by atoms with Crippen molar-refractivity contribution >= 4 is 50.7 Å². The van der Waals surface area contributed by atoms with Crippen molar-refractivity contribution in [3.63, 3.8) is 0 Å². The molecule has 0 bridgehead atoms. The van der Waals surface area contributed by atoms with Crippen molar-refractivity contribution in [2.75, 3.05) is 24.2 Å². The first-order valence-corrected chi connectivity index (χ1v) is 14.3. The summed E-state index contributed by atoms with van der Waals surface area (Å²) in [6.07, 6.45) is 4.87. The minimum atomic E-state index is -3.88. The number of ether oxygens (including phenoxy) is 1. The highest BCUT2D eigenvalue weighted by molar-refractivity contribution is 7.92. The quantitative estimate of drug-likeness (QED) is 0.472. The Bertz CT molecular complexity index is 1180. The van der Waals surface area contributed by atoms with Crippen LogP contribution in [0.25, 0.3) is 0 Å². The van der Waals surface area contributed by atoms with Gasteiger partial charge in [0.2, 0.25) is 21.8 Å². The predicted molar refractivity (Wildman–Crippen MR) is 142 cm³/mol. The lowest BCUT2D eigenvalue weighted by Crippen LogP contribution is -2.52. The highest BCUT2D eigenvalue weighted by Gasteiger charge is 2.32. The van der Waals surface area contributed by atoms with Crippen LogP contribution in [0.5, 0.6) is 5.75 Å². The van der Waals surface area contributed by atoms with Crippen molar-refractivity contribution in [2.45, 2.75) is 51.2 Å². The topological polar surface area (TPSA) is 96.0 Å². The van der Waals surface area contributed by atoms with Gasteiger partial charge in [-0.1, -0.05) is 54.2 Å². The summed E-state index contributed by atoms with van der Waals surface area (Å²) < 4.78 is 31.8. The van der Waals surface area contributed by atoms with Gasteiger partial charge < -0.3 is 15.0 Å². The maximum atomic E-state index is 13.7. The van der Waals surface area contributed by atoms with E-state index in [4.69, 9.17) is 27.9 Å². The van der Waals surface area contributed by atoms with E-state index in [1.54, 1.807) is 49.4 Å². The summed E-state index contributed by atoms with van der Waals surface area (Å²) in [5.74, 6) is -0.610. The minimum absolute atomic E-state index is 0.0573. The number of halogens is 2. The number of amides is 2. The summed E-state index contributed by atoms with van der Waals surface area (Å²) in [4.78, 5) is 28.1. The van der Waals surface area contributed by atoms with Crippen LogP contribution in [0.4, 0.5) is 5.69 Å². The van der Waals surface area contributed by atoms with Crippen LogP contribution < -0.4 is 14.4 Å². The lowest BCUT2D eigenvalue weighted by Gasteiger charge is -2.32. The molecule has 2 aromatic carbocycles. The Morgan fingerprint density at radius 3 is 2.28 bits per heavy atom. The van der Waals surface area contributed by atoms with Gasteiger partial charge in [-0.25, -0.2) is 8.42 Å². The first kappa shape index (κ1) is 28.1. The first-order chi connectivity index (χ1) is 17.0. The summed E-state index contributed by atoms with van der Waals surface area (Å²) in [6.45, 7) is 1.00. The molecule has 2 amide bonds. The number of sulfonamides is 1. The van der Waals surface area contributed by atoms with Crippen molar-refractivity contribution < 1.29 is 22.7 Å². The molecule has 0 aliphatic heterocycles. The van der Waals surface area contributed by atoms with Gasteiger partial charge in [0.1, 0.15) is 18.3 Å². The zero-order valence-corrected chi connectivity index (χ0v) is 22.9. The SMILES string of the molecule is COc1ccccc1N(CC(=O)N(Cc1c(Cl)cccc1Cl)C(C)C(=O)NC1CCCC1)S(C)(=O)=O. The molecule has 11 heteroatoms. The highest BCUT2D eigenvalue weighted by Crippen LogP contribution is 2.31. The molecule has 0 radical (unpaired) electrons. The predicted octanol–water partition coefficient (Wildman–Crippen LogP) is 4.24. The molecule has 0 aromatic heterocycles. The number of anilines is 1. The van der Waals surface area contributed by atoms with E-state index in [1.165, 1.54) is 12.0 Å². The average molecular weight is 557 g/mol. The standard InChI is InChI=1S/C25H31Cl2N3O5S/c1-17(25(32)28-18-9-4-5-10-18)29(15-19-20(26)11-8-12-21(19)27)24(31)16-30(36(3,33)34)22-13-6-7-14-23(22)35-2/h6-8,11-14,17-18H,4-5,9-10,15-16H2,1-3H3,(H,28,32). The van der Waals surface area contributed by atoms with Gasteiger partial charge in [-0.2, -0.15) is 0 Å². The van der Waals surface area contributed by atoms with Gasteiger partial charge in [-0.3, -0.25) is 13.9 Å². The van der Waals surface area contributed by atoms with Gasteiger partial charge in [0.25, 0.3) is 0 Å². The molecule has 2 aromatic rings. The Kier molecular flexibility index (Phi) is 9.49. The minimum Gasteiger partial charge on any atom is -0.495 e. The van der Waals surface area contributed by atoms with Gasteiger partial charge in [0.05, 0.1) is 19.1 Å². The molecule has 1 unspecified atom stereocenters. The molecule has 1 N–H and O–H groups in total. The van der Waals surface area contributed by atoms with Crippen LogP contribution in [0.1, 0.15) is 38.2 Å². The number of para-hydroxylation sites is 2. The molecule has 36 heavy (non-hydrogen) atoms. The fourth-order valence-corrected chi connectivity index (χ4v) is 5.63. The second-order valence-electron chi connectivity index (χ2n) is 8.83. The van der Waals surface area contributed by atoms with Gasteiger partial charge in [0, 0.05) is 28.2 Å². The molecule has 1 atom stereocenters. The fourth-order valence-electron chi connectivity index (χ4n) is 4.26. The molecule has 196 valence electrons. The van der Waals surface area contributed by atoms with Crippen LogP contribution >= 0.6 is 23.2 Å². The smallest absolute Gasteiger partial charge is 0.244 e. The van der Waals surface area contributed by atoms with E-state index in [-0.39, 0.29) is 24.2 Å². The van der Waals surface area contributed by atoms with Crippen molar-refractivity contribution in [3.8, 4) is 5.75 Å². The molecule has 3 rings (SSSR count). The van der Waals surface area contributed by atoms with E-state index in [9.17, 15) is 18.0 Å². The molecule has 1 aliphatic rings. The first-order valence-electron chi connectivity index (χ1n) is 11.7. The summed E-state index contributed by atoms with van der Waals surface area (Å²) >= 11 is 12.7. The number of carbonyl (C=O) groups is 2. The summed E-state index contributed by atoms with van der Waals surface area (Å²) in [5, 5.41) is 3.69. The molecule has 1 aliphatic carbocycles. The van der Waals surface area contributed by atoms with Crippen molar-refractivity contribution in [1.29, 1.82) is 0 Å². The van der Waals surface area contributed by atoms with Crippen molar-refractivity contribution in [2.24, 2.45) is 0 Å². The number of nitrogens with one attached hydrogen (secondary N) is 1. The van der Waals surface area contributed by atoms with Crippen LogP contribution in [-0.4, -0.2) is 57.1 Å². The molecule has 1 saturated carbocycles. The monoisotopic (exact) mass is 555 g/mol. The van der Waals surface area contributed by atoms with Crippen LogP contribution in [0.15, 0.2) is 42.5 Å². The molecular weight excluding hydrogens is 525 g/mol. The Hall–Kier alpha value is -2.49. The zero-order chi connectivity index (χ0) is 26.5. The molecule has 8 nitrogen and oxygen atoms in total. The number of hydrogen-bond donors (Lipinski definition) is 1. The average Bonchev–Trinajstić information content (AvgIpc) is 3.34. The van der Waals surface area contributed by atoms with E-state index < -0.39 is 28.5 Å². The zero-order valence-electron chi connectivity index (χ0n) is 20.5. The Morgan fingerprint density at radius 2 is 1.69 bits per heavy atom. The lowest BCUT2D eigenvalue weighted by molar-refractivity contribution is -0.139. The lowest BCUT2D eigenvalue weighted by atomic mass is 10.1. The van der Waals surface area contributed by atoms with Gasteiger partial charge in [0.15, 0.2) is 0 Å². The van der Waals surface area contributed by atoms with Crippen molar-refractivity contribution in [1.82, 2.24) is 10.2 Å². The van der Waals surface area contributed by atoms with Crippen LogP contribution in [0.2, 0.25) is 10.0 Å². The number of carbonyl (C=O) groups excluding carboxylic acids is 2. The Morgan fingerprint density at radius 1 is 1.08 bits per heavy atom. The number of rotatable bonds is 10. The number of benzene rings is 2. The number of methoxy groups -OCH3 is 1. The third-order valence-corrected chi connectivity index (χ3v) is 8.13. The summed E-state index contributed by atoms with van der Waals surface area (Å²) in [5.41, 5.74) is 0.688. The van der Waals surface area contributed by atoms with E-state index >= 15 is 0 Å². The Balaban J connectivity index is 1.95. The van der Waals surface area contributed by atoms with E-state index in [0.717, 1.165) is 36.2 Å². The third kappa shape index (κ3) is 6.83. The third-order valence-electron chi connectivity index (χ3n) is 6.29. The van der Waals surface area contributed by atoms with Crippen LogP contribution in [0.3, 0.4) is 0 Å². The van der Waals surface area contributed by atoms with Gasteiger partial charge >= 0.3 is 0 Å². The van der Waals surface area contributed by atoms with Crippen LogP contribution in [-0.2, 0) is 26.2 Å². The van der Waals surface area contributed by atoms with E-state index in [1.807, 2.05) is 0 Å². The van der Waals surface area contributed by atoms with Crippen molar-refractivity contribution in [3.05, 3.63) is 58.1 Å². The Labute approximate surface area is 222 Å². The number of nitrogens with zero attached hydrogens (tertiary/aromatic N) is 2. The van der Waals surface area contributed by atoms with E-state index in [0.29, 0.717) is 21.4 Å². The second kappa shape index (κ2) is 12.2. The van der Waals surface area contributed by atoms with E-state index in [2.05, 4.69) is 5.32 Å². The molecule has 0 heterocycles. The highest BCUT2D eigenvalue weighted by atomic mass is 35.5. The maximum absolute atomic E-state index is 13.7. The fraction of sp³-hybridized carbons (Fsp3) is 0.440. The molecule has 0 spiro atoms. The molecule has 0 saturated heterocycles. The maximum Gasteiger partial charge on any atom is 0.244 e. The summed E-state index contributed by atoms with van der Waals surface area (Å²) in [7, 11) is -2.46. The van der Waals surface area contributed by atoms with Gasteiger partial charge in [-0.15, -0.1) is 0 Å².